The van der Waals surface area contributed by atoms with E-state index in [1.54, 1.807) is 6.20 Å². The number of rotatable bonds is 5. The normalized spacial score (nSPS) is 19.8. The molecule has 2 saturated heterocycles. The highest BCUT2D eigenvalue weighted by molar-refractivity contribution is 5.94. The van der Waals surface area contributed by atoms with Crippen molar-refractivity contribution in [1.82, 2.24) is 15.2 Å². The molecule has 1 amide bonds. The lowest BCUT2D eigenvalue weighted by atomic mass is 9.96. The topological polar surface area (TPSA) is 74.8 Å². The number of esters is 1. The smallest absolute Gasteiger partial charge is 0.309 e. The zero-order valence-electron chi connectivity index (χ0n) is 18.0. The van der Waals surface area contributed by atoms with Gasteiger partial charge >= 0.3 is 5.97 Å². The molecule has 7 heteroatoms. The number of anilines is 1. The van der Waals surface area contributed by atoms with E-state index in [0.29, 0.717) is 38.1 Å². The Hall–Kier alpha value is -2.93. The second-order valence-corrected chi connectivity index (χ2v) is 8.09. The number of benzene rings is 1. The Morgan fingerprint density at radius 2 is 1.87 bits per heavy atom. The van der Waals surface area contributed by atoms with Gasteiger partial charge in [-0.1, -0.05) is 30.3 Å². The molecule has 1 N–H and O–H groups in total. The van der Waals surface area contributed by atoms with Crippen LogP contribution in [0.4, 0.5) is 5.82 Å². The van der Waals surface area contributed by atoms with Crippen LogP contribution in [0.3, 0.4) is 0 Å². The molecular weight excluding hydrogens is 392 g/mol. The second-order valence-electron chi connectivity index (χ2n) is 8.09. The van der Waals surface area contributed by atoms with Crippen LogP contribution in [0.5, 0.6) is 0 Å². The van der Waals surface area contributed by atoms with E-state index in [4.69, 9.17) is 4.74 Å². The summed E-state index contributed by atoms with van der Waals surface area (Å²) in [5.41, 5.74) is 1.86. The van der Waals surface area contributed by atoms with Crippen molar-refractivity contribution in [3.63, 3.8) is 0 Å². The molecule has 2 aliphatic rings. The molecule has 0 spiro atoms. The molecule has 2 aromatic rings. The zero-order valence-corrected chi connectivity index (χ0v) is 18.0. The molecule has 4 rings (SSSR count). The van der Waals surface area contributed by atoms with Gasteiger partial charge in [-0.15, -0.1) is 0 Å². The van der Waals surface area contributed by atoms with E-state index in [1.807, 2.05) is 30.0 Å². The Morgan fingerprint density at radius 1 is 1.10 bits per heavy atom. The fourth-order valence-electron chi connectivity index (χ4n) is 4.33. The summed E-state index contributed by atoms with van der Waals surface area (Å²) in [6, 6.07) is 14.5. The molecule has 0 aliphatic carbocycles. The molecule has 7 nitrogen and oxygen atoms in total. The number of aromatic nitrogens is 1. The van der Waals surface area contributed by atoms with E-state index in [1.165, 1.54) is 5.56 Å². The summed E-state index contributed by atoms with van der Waals surface area (Å²) >= 11 is 0. The van der Waals surface area contributed by atoms with E-state index in [9.17, 15) is 9.59 Å². The van der Waals surface area contributed by atoms with Crippen LogP contribution in [0.25, 0.3) is 0 Å². The summed E-state index contributed by atoms with van der Waals surface area (Å²) in [5.74, 6) is 0.615. The monoisotopic (exact) mass is 422 g/mol. The van der Waals surface area contributed by atoms with Gasteiger partial charge in [0.05, 0.1) is 18.1 Å². The standard InChI is InChI=1S/C24H30N4O3/c1-2-31-24(30)19-10-13-27(14-11-19)23(29)20-8-9-22(26-16-20)28-15-12-25-21(17-28)18-6-4-3-5-7-18/h3-9,16,19,21,25H,2,10-15,17H2,1H3/t21-/m0/s1. The summed E-state index contributed by atoms with van der Waals surface area (Å²) in [5, 5.41) is 3.56. The molecule has 2 aliphatic heterocycles. The number of nitrogens with one attached hydrogen (secondary N) is 1. The largest absolute Gasteiger partial charge is 0.466 e. The molecule has 0 unspecified atom stereocenters. The number of ether oxygens (including phenoxy) is 1. The van der Waals surface area contributed by atoms with Gasteiger partial charge in [0, 0.05) is 45.0 Å². The third-order valence-electron chi connectivity index (χ3n) is 6.10. The van der Waals surface area contributed by atoms with E-state index < -0.39 is 0 Å². The number of hydrogen-bond donors (Lipinski definition) is 1. The lowest BCUT2D eigenvalue weighted by Crippen LogP contribution is -2.46. The summed E-state index contributed by atoms with van der Waals surface area (Å²) in [7, 11) is 0. The average Bonchev–Trinajstić information content (AvgIpc) is 2.84. The van der Waals surface area contributed by atoms with Crippen LogP contribution < -0.4 is 10.2 Å². The first-order valence-corrected chi connectivity index (χ1v) is 11.1. The van der Waals surface area contributed by atoms with Crippen LogP contribution in [0.2, 0.25) is 0 Å². The predicted octanol–water partition coefficient (Wildman–Crippen LogP) is 2.65. The zero-order chi connectivity index (χ0) is 21.6. The van der Waals surface area contributed by atoms with Crippen molar-refractivity contribution in [3.05, 3.63) is 59.8 Å². The van der Waals surface area contributed by atoms with Crippen molar-refractivity contribution in [1.29, 1.82) is 0 Å². The van der Waals surface area contributed by atoms with Gasteiger partial charge in [-0.3, -0.25) is 9.59 Å². The second kappa shape index (κ2) is 9.92. The molecule has 1 aromatic heterocycles. The van der Waals surface area contributed by atoms with Crippen molar-refractivity contribution in [3.8, 4) is 0 Å². The van der Waals surface area contributed by atoms with Crippen LogP contribution in [0, 0.1) is 5.92 Å². The van der Waals surface area contributed by atoms with Gasteiger partial charge in [0.25, 0.3) is 5.91 Å². The Morgan fingerprint density at radius 3 is 2.55 bits per heavy atom. The molecule has 164 valence electrons. The predicted molar refractivity (Wildman–Crippen MR) is 119 cm³/mol. The molecule has 1 atom stereocenters. The highest BCUT2D eigenvalue weighted by atomic mass is 16.5. The highest BCUT2D eigenvalue weighted by Crippen LogP contribution is 2.23. The Bertz CT molecular complexity index is 879. The highest BCUT2D eigenvalue weighted by Gasteiger charge is 2.29. The summed E-state index contributed by atoms with van der Waals surface area (Å²) < 4.78 is 5.11. The first-order chi connectivity index (χ1) is 15.2. The minimum atomic E-state index is -0.148. The van der Waals surface area contributed by atoms with Gasteiger partial charge in [0.1, 0.15) is 5.82 Å². The third kappa shape index (κ3) is 5.05. The minimum absolute atomic E-state index is 0.0242. The first kappa shape index (κ1) is 21.3. The van der Waals surface area contributed by atoms with Gasteiger partial charge in [0.15, 0.2) is 0 Å². The number of amides is 1. The number of piperidine rings is 1. The third-order valence-corrected chi connectivity index (χ3v) is 6.10. The van der Waals surface area contributed by atoms with E-state index >= 15 is 0 Å². The lowest BCUT2D eigenvalue weighted by Gasteiger charge is -2.35. The number of hydrogen-bond acceptors (Lipinski definition) is 6. The number of nitrogens with zero attached hydrogens (tertiary/aromatic N) is 3. The fraction of sp³-hybridized carbons (Fsp3) is 0.458. The number of likely N-dealkylation sites (tertiary alicyclic amines) is 1. The maximum Gasteiger partial charge on any atom is 0.309 e. The fourth-order valence-corrected chi connectivity index (χ4v) is 4.33. The molecular formula is C24H30N4O3. The average molecular weight is 423 g/mol. The molecule has 3 heterocycles. The number of carbonyl (C=O) groups excluding carboxylic acids is 2. The summed E-state index contributed by atoms with van der Waals surface area (Å²) in [6.07, 6.45) is 2.98. The van der Waals surface area contributed by atoms with E-state index in [-0.39, 0.29) is 23.8 Å². The van der Waals surface area contributed by atoms with Crippen LogP contribution in [-0.4, -0.2) is 61.1 Å². The molecule has 1 aromatic carbocycles. The number of pyridine rings is 1. The van der Waals surface area contributed by atoms with Gasteiger partial charge < -0.3 is 19.9 Å². The van der Waals surface area contributed by atoms with Crippen molar-refractivity contribution in [2.24, 2.45) is 5.92 Å². The SMILES string of the molecule is CCOC(=O)C1CCN(C(=O)c2ccc(N3CCN[C@H](c4ccccc4)C3)nc2)CC1. The van der Waals surface area contributed by atoms with Crippen LogP contribution in [-0.2, 0) is 9.53 Å². The van der Waals surface area contributed by atoms with Crippen LogP contribution >= 0.6 is 0 Å². The van der Waals surface area contributed by atoms with Crippen LogP contribution in [0.15, 0.2) is 48.7 Å². The molecule has 2 fully saturated rings. The van der Waals surface area contributed by atoms with Gasteiger partial charge in [-0.25, -0.2) is 4.98 Å². The van der Waals surface area contributed by atoms with Gasteiger partial charge in [-0.05, 0) is 37.5 Å². The maximum atomic E-state index is 12.9. The van der Waals surface area contributed by atoms with Crippen molar-refractivity contribution >= 4 is 17.7 Å². The first-order valence-electron chi connectivity index (χ1n) is 11.1. The van der Waals surface area contributed by atoms with Gasteiger partial charge in [-0.2, -0.15) is 0 Å². The Balaban J connectivity index is 1.35. The van der Waals surface area contributed by atoms with E-state index in [0.717, 1.165) is 25.5 Å². The van der Waals surface area contributed by atoms with Crippen molar-refractivity contribution in [2.75, 3.05) is 44.2 Å². The molecule has 31 heavy (non-hydrogen) atoms. The van der Waals surface area contributed by atoms with Crippen LogP contribution in [0.1, 0.15) is 41.7 Å². The van der Waals surface area contributed by atoms with Gasteiger partial charge in [0.2, 0.25) is 0 Å². The van der Waals surface area contributed by atoms with Crippen molar-refractivity contribution < 1.29 is 14.3 Å². The van der Waals surface area contributed by atoms with E-state index in [2.05, 4.69) is 39.5 Å². The summed E-state index contributed by atoms with van der Waals surface area (Å²) in [6.45, 7) is 5.96. The molecule has 0 saturated carbocycles. The number of piperazine rings is 1. The minimum Gasteiger partial charge on any atom is -0.466 e. The Labute approximate surface area is 183 Å². The lowest BCUT2D eigenvalue weighted by molar-refractivity contribution is -0.149. The quantitative estimate of drug-likeness (QED) is 0.747. The molecule has 0 bridgehead atoms. The maximum absolute atomic E-state index is 12.9. The Kier molecular flexibility index (Phi) is 6.82. The number of carbonyl (C=O) groups is 2. The summed E-state index contributed by atoms with van der Waals surface area (Å²) in [4.78, 5) is 33.4. The van der Waals surface area contributed by atoms with Crippen molar-refractivity contribution in [2.45, 2.75) is 25.8 Å². The molecule has 0 radical (unpaired) electrons.